The standard InChI is InChI=1S/C10H13N/c1-3-6-9-7-4-5-8-10(9)11-2/h3-8,11H,1-2H3/b6-3+. The molecule has 0 fully saturated rings. The van der Waals surface area contributed by atoms with E-state index in [1.807, 2.05) is 32.2 Å². The van der Waals surface area contributed by atoms with Gasteiger partial charge in [-0.05, 0) is 18.6 Å². The summed E-state index contributed by atoms with van der Waals surface area (Å²) in [6.07, 6.45) is 4.13. The van der Waals surface area contributed by atoms with Crippen LogP contribution in [0.3, 0.4) is 0 Å². The maximum absolute atomic E-state index is 3.13. The highest BCUT2D eigenvalue weighted by atomic mass is 14.8. The van der Waals surface area contributed by atoms with Gasteiger partial charge in [-0.1, -0.05) is 30.4 Å². The Morgan fingerprint density at radius 3 is 2.64 bits per heavy atom. The van der Waals surface area contributed by atoms with Crippen molar-refractivity contribution < 1.29 is 0 Å². The van der Waals surface area contributed by atoms with E-state index in [0.29, 0.717) is 0 Å². The lowest BCUT2D eigenvalue weighted by Crippen LogP contribution is -1.89. The molecule has 0 aliphatic heterocycles. The number of nitrogens with one attached hydrogen (secondary N) is 1. The van der Waals surface area contributed by atoms with Crippen LogP contribution in [0.5, 0.6) is 0 Å². The van der Waals surface area contributed by atoms with Crippen LogP contribution in [0, 0.1) is 0 Å². The molecule has 0 spiro atoms. The average Bonchev–Trinajstić information content (AvgIpc) is 2.06. The zero-order chi connectivity index (χ0) is 8.10. The van der Waals surface area contributed by atoms with Gasteiger partial charge >= 0.3 is 0 Å². The Balaban J connectivity index is 3.02. The molecule has 0 aliphatic rings. The maximum atomic E-state index is 3.13. The second-order valence-corrected chi connectivity index (χ2v) is 2.34. The van der Waals surface area contributed by atoms with Crippen molar-refractivity contribution in [2.45, 2.75) is 6.92 Å². The third-order valence-corrected chi connectivity index (χ3v) is 1.58. The molecule has 1 N–H and O–H groups in total. The number of rotatable bonds is 2. The minimum Gasteiger partial charge on any atom is -0.388 e. The van der Waals surface area contributed by atoms with Crippen molar-refractivity contribution in [1.29, 1.82) is 0 Å². The molecular weight excluding hydrogens is 134 g/mol. The van der Waals surface area contributed by atoms with Crippen LogP contribution in [0.4, 0.5) is 5.69 Å². The lowest BCUT2D eigenvalue weighted by molar-refractivity contribution is 1.49. The number of para-hydroxylation sites is 1. The molecule has 0 saturated heterocycles. The van der Waals surface area contributed by atoms with Crippen LogP contribution in [-0.2, 0) is 0 Å². The fourth-order valence-electron chi connectivity index (χ4n) is 1.05. The molecule has 0 atom stereocenters. The molecule has 0 radical (unpaired) electrons. The highest BCUT2D eigenvalue weighted by molar-refractivity contribution is 5.65. The van der Waals surface area contributed by atoms with E-state index in [4.69, 9.17) is 0 Å². The van der Waals surface area contributed by atoms with Crippen LogP contribution < -0.4 is 5.32 Å². The molecule has 1 aromatic rings. The Bertz CT molecular complexity index is 251. The first kappa shape index (κ1) is 7.86. The molecule has 0 bridgehead atoms. The van der Waals surface area contributed by atoms with Crippen molar-refractivity contribution >= 4 is 11.8 Å². The Morgan fingerprint density at radius 1 is 1.27 bits per heavy atom. The van der Waals surface area contributed by atoms with Gasteiger partial charge in [-0.3, -0.25) is 0 Å². The lowest BCUT2D eigenvalue weighted by Gasteiger charge is -2.02. The Hall–Kier alpha value is -1.24. The molecule has 0 amide bonds. The first-order valence-electron chi connectivity index (χ1n) is 3.78. The number of benzene rings is 1. The number of hydrogen-bond acceptors (Lipinski definition) is 1. The van der Waals surface area contributed by atoms with Crippen LogP contribution in [0.25, 0.3) is 6.08 Å². The summed E-state index contributed by atoms with van der Waals surface area (Å²) in [5.74, 6) is 0. The smallest absolute Gasteiger partial charge is 0.0411 e. The van der Waals surface area contributed by atoms with Gasteiger partial charge in [-0.2, -0.15) is 0 Å². The lowest BCUT2D eigenvalue weighted by atomic mass is 10.1. The van der Waals surface area contributed by atoms with E-state index in [1.54, 1.807) is 0 Å². The van der Waals surface area contributed by atoms with Gasteiger partial charge in [-0.25, -0.2) is 0 Å². The summed E-state index contributed by atoms with van der Waals surface area (Å²) in [4.78, 5) is 0. The highest BCUT2D eigenvalue weighted by Gasteiger charge is 1.91. The van der Waals surface area contributed by atoms with Crippen LogP contribution in [0.2, 0.25) is 0 Å². The summed E-state index contributed by atoms with van der Waals surface area (Å²) < 4.78 is 0. The minimum atomic E-state index is 1.17. The number of anilines is 1. The molecule has 58 valence electrons. The van der Waals surface area contributed by atoms with E-state index >= 15 is 0 Å². The minimum absolute atomic E-state index is 1.17. The van der Waals surface area contributed by atoms with E-state index in [0.717, 1.165) is 0 Å². The molecule has 0 saturated carbocycles. The monoisotopic (exact) mass is 147 g/mol. The summed E-state index contributed by atoms with van der Waals surface area (Å²) >= 11 is 0. The summed E-state index contributed by atoms with van der Waals surface area (Å²) in [5, 5.41) is 3.13. The van der Waals surface area contributed by atoms with Gasteiger partial charge in [0.25, 0.3) is 0 Å². The zero-order valence-electron chi connectivity index (χ0n) is 6.96. The van der Waals surface area contributed by atoms with Gasteiger partial charge in [0.05, 0.1) is 0 Å². The number of allylic oxidation sites excluding steroid dienone is 1. The van der Waals surface area contributed by atoms with Gasteiger partial charge in [0.15, 0.2) is 0 Å². The van der Waals surface area contributed by atoms with Crippen LogP contribution in [-0.4, -0.2) is 7.05 Å². The van der Waals surface area contributed by atoms with E-state index in [9.17, 15) is 0 Å². The van der Waals surface area contributed by atoms with Gasteiger partial charge < -0.3 is 5.32 Å². The summed E-state index contributed by atoms with van der Waals surface area (Å²) in [5.41, 5.74) is 2.41. The fraction of sp³-hybridized carbons (Fsp3) is 0.200. The molecule has 1 heteroatoms. The largest absolute Gasteiger partial charge is 0.388 e. The van der Waals surface area contributed by atoms with Crippen LogP contribution >= 0.6 is 0 Å². The van der Waals surface area contributed by atoms with Crippen molar-refractivity contribution in [3.05, 3.63) is 35.9 Å². The first-order chi connectivity index (χ1) is 5.38. The second-order valence-electron chi connectivity index (χ2n) is 2.34. The van der Waals surface area contributed by atoms with E-state index in [-0.39, 0.29) is 0 Å². The van der Waals surface area contributed by atoms with Crippen molar-refractivity contribution in [2.75, 3.05) is 12.4 Å². The van der Waals surface area contributed by atoms with E-state index in [1.165, 1.54) is 11.3 Å². The molecule has 0 aliphatic carbocycles. The Kier molecular flexibility index (Phi) is 2.73. The third-order valence-electron chi connectivity index (χ3n) is 1.58. The predicted molar refractivity (Wildman–Crippen MR) is 50.7 cm³/mol. The van der Waals surface area contributed by atoms with Crippen LogP contribution in [0.15, 0.2) is 30.3 Å². The fourth-order valence-corrected chi connectivity index (χ4v) is 1.05. The second kappa shape index (κ2) is 3.81. The zero-order valence-corrected chi connectivity index (χ0v) is 6.96. The van der Waals surface area contributed by atoms with Crippen molar-refractivity contribution in [2.24, 2.45) is 0 Å². The maximum Gasteiger partial charge on any atom is 0.0411 e. The van der Waals surface area contributed by atoms with Crippen molar-refractivity contribution in [3.8, 4) is 0 Å². The molecule has 1 aromatic carbocycles. The summed E-state index contributed by atoms with van der Waals surface area (Å²) in [6.45, 7) is 2.02. The van der Waals surface area contributed by atoms with Gasteiger partial charge in [-0.15, -0.1) is 0 Å². The molecular formula is C10H13N. The molecule has 0 aromatic heterocycles. The molecule has 0 heterocycles. The van der Waals surface area contributed by atoms with Crippen molar-refractivity contribution in [1.82, 2.24) is 0 Å². The molecule has 0 unspecified atom stereocenters. The Labute approximate surface area is 67.8 Å². The van der Waals surface area contributed by atoms with Gasteiger partial charge in [0.1, 0.15) is 0 Å². The van der Waals surface area contributed by atoms with Gasteiger partial charge in [0, 0.05) is 12.7 Å². The first-order valence-corrected chi connectivity index (χ1v) is 3.78. The van der Waals surface area contributed by atoms with E-state index in [2.05, 4.69) is 23.5 Å². The molecule has 11 heavy (non-hydrogen) atoms. The Morgan fingerprint density at radius 2 is 2.00 bits per heavy atom. The number of hydrogen-bond donors (Lipinski definition) is 1. The third kappa shape index (κ3) is 1.84. The SMILES string of the molecule is C/C=C/c1ccccc1NC. The average molecular weight is 147 g/mol. The van der Waals surface area contributed by atoms with Gasteiger partial charge in [0.2, 0.25) is 0 Å². The van der Waals surface area contributed by atoms with E-state index < -0.39 is 0 Å². The highest BCUT2D eigenvalue weighted by Crippen LogP contribution is 2.15. The predicted octanol–water partition coefficient (Wildman–Crippen LogP) is 2.76. The molecule has 1 nitrogen and oxygen atoms in total. The molecule has 1 rings (SSSR count). The van der Waals surface area contributed by atoms with Crippen LogP contribution in [0.1, 0.15) is 12.5 Å². The van der Waals surface area contributed by atoms with Crippen molar-refractivity contribution in [3.63, 3.8) is 0 Å². The normalized spacial score (nSPS) is 10.4. The topological polar surface area (TPSA) is 12.0 Å². The summed E-state index contributed by atoms with van der Waals surface area (Å²) in [6, 6.07) is 8.22. The quantitative estimate of drug-likeness (QED) is 0.678. The summed E-state index contributed by atoms with van der Waals surface area (Å²) in [7, 11) is 1.93.